The zero-order chi connectivity index (χ0) is 14.5. The van der Waals surface area contributed by atoms with Gasteiger partial charge in [-0.05, 0) is 51.3 Å². The second kappa shape index (κ2) is 7.04. The van der Waals surface area contributed by atoms with Crippen LogP contribution in [0, 0.1) is 20.8 Å². The summed E-state index contributed by atoms with van der Waals surface area (Å²) in [5.74, 6) is -0.700. The lowest BCUT2D eigenvalue weighted by Gasteiger charge is -2.33. The molecular weight excluding hydrogens is 238 g/mol. The highest BCUT2D eigenvalue weighted by Crippen LogP contribution is 2.25. The molecule has 0 saturated heterocycles. The smallest absolute Gasteiger partial charge is 0.184 e. The highest BCUT2D eigenvalue weighted by Gasteiger charge is 2.31. The molecule has 0 bridgehead atoms. The van der Waals surface area contributed by atoms with Gasteiger partial charge in [-0.1, -0.05) is 17.7 Å². The van der Waals surface area contributed by atoms with Crippen LogP contribution in [0.25, 0.3) is 0 Å². The first kappa shape index (κ1) is 16.2. The fourth-order valence-corrected chi connectivity index (χ4v) is 2.62. The number of hydrogen-bond acceptors (Lipinski definition) is 3. The number of hydrogen-bond donors (Lipinski definition) is 1. The average Bonchev–Trinajstić information content (AvgIpc) is 2.34. The van der Waals surface area contributed by atoms with Crippen molar-refractivity contribution >= 4 is 0 Å². The molecule has 0 heterocycles. The van der Waals surface area contributed by atoms with Crippen LogP contribution in [0.4, 0.5) is 0 Å². The van der Waals surface area contributed by atoms with Gasteiger partial charge in [-0.2, -0.15) is 0 Å². The predicted octanol–water partition coefficient (Wildman–Crippen LogP) is 2.88. The molecule has 0 aromatic heterocycles. The summed E-state index contributed by atoms with van der Waals surface area (Å²) in [6, 6.07) is 4.39. The van der Waals surface area contributed by atoms with E-state index < -0.39 is 5.79 Å². The molecule has 0 atom stereocenters. The third-order valence-corrected chi connectivity index (χ3v) is 3.41. The van der Waals surface area contributed by atoms with E-state index in [4.69, 9.17) is 15.2 Å². The van der Waals surface area contributed by atoms with Crippen molar-refractivity contribution in [2.45, 2.75) is 46.8 Å². The summed E-state index contributed by atoms with van der Waals surface area (Å²) in [6.45, 7) is 11.9. The Hall–Kier alpha value is -0.900. The van der Waals surface area contributed by atoms with Crippen molar-refractivity contribution in [3.63, 3.8) is 0 Å². The van der Waals surface area contributed by atoms with Crippen LogP contribution in [-0.4, -0.2) is 25.5 Å². The fraction of sp³-hybridized carbons (Fsp3) is 0.625. The summed E-state index contributed by atoms with van der Waals surface area (Å²) in [5.41, 5.74) is 11.0. The van der Waals surface area contributed by atoms with E-state index in [0.29, 0.717) is 26.2 Å². The summed E-state index contributed by atoms with van der Waals surface area (Å²) < 4.78 is 11.6. The monoisotopic (exact) mass is 265 g/mol. The van der Waals surface area contributed by atoms with Gasteiger partial charge in [-0.3, -0.25) is 0 Å². The van der Waals surface area contributed by atoms with Gasteiger partial charge < -0.3 is 15.2 Å². The number of benzene rings is 1. The molecule has 0 aliphatic heterocycles. The number of nitrogens with two attached hydrogens (primary N) is 1. The lowest BCUT2D eigenvalue weighted by atomic mass is 9.93. The predicted molar refractivity (Wildman–Crippen MR) is 79.4 cm³/mol. The molecule has 0 fully saturated rings. The van der Waals surface area contributed by atoms with Crippen molar-refractivity contribution in [2.24, 2.45) is 5.73 Å². The third kappa shape index (κ3) is 4.03. The summed E-state index contributed by atoms with van der Waals surface area (Å²) in [7, 11) is 0. The first-order valence-corrected chi connectivity index (χ1v) is 7.02. The van der Waals surface area contributed by atoms with E-state index in [2.05, 4.69) is 32.9 Å². The molecule has 1 aromatic carbocycles. The highest BCUT2D eigenvalue weighted by molar-refractivity contribution is 5.38. The Labute approximate surface area is 117 Å². The van der Waals surface area contributed by atoms with E-state index in [9.17, 15) is 0 Å². The van der Waals surface area contributed by atoms with Crippen molar-refractivity contribution < 1.29 is 9.47 Å². The van der Waals surface area contributed by atoms with E-state index >= 15 is 0 Å². The summed E-state index contributed by atoms with van der Waals surface area (Å²) in [6.07, 6.45) is 0.698. The van der Waals surface area contributed by atoms with Crippen LogP contribution in [0.15, 0.2) is 12.1 Å². The van der Waals surface area contributed by atoms with Gasteiger partial charge in [0.2, 0.25) is 0 Å². The van der Waals surface area contributed by atoms with E-state index in [0.717, 1.165) is 0 Å². The first-order chi connectivity index (χ1) is 8.98. The average molecular weight is 265 g/mol. The van der Waals surface area contributed by atoms with Crippen molar-refractivity contribution in [1.29, 1.82) is 0 Å². The Bertz CT molecular complexity index is 386. The largest absolute Gasteiger partial charge is 0.349 e. The molecule has 0 unspecified atom stereocenters. The molecule has 0 spiro atoms. The zero-order valence-corrected chi connectivity index (χ0v) is 12.9. The van der Waals surface area contributed by atoms with Crippen LogP contribution >= 0.6 is 0 Å². The van der Waals surface area contributed by atoms with Crippen molar-refractivity contribution in [3.05, 3.63) is 34.4 Å². The zero-order valence-electron chi connectivity index (χ0n) is 12.9. The summed E-state index contributed by atoms with van der Waals surface area (Å²) in [4.78, 5) is 0. The minimum Gasteiger partial charge on any atom is -0.349 e. The maximum atomic E-state index is 5.91. The summed E-state index contributed by atoms with van der Waals surface area (Å²) in [5, 5.41) is 0. The highest BCUT2D eigenvalue weighted by atomic mass is 16.7. The molecule has 19 heavy (non-hydrogen) atoms. The Morgan fingerprint density at radius 3 is 1.84 bits per heavy atom. The van der Waals surface area contributed by atoms with Crippen molar-refractivity contribution in [2.75, 3.05) is 19.8 Å². The van der Waals surface area contributed by atoms with Crippen LogP contribution in [-0.2, 0) is 15.9 Å². The van der Waals surface area contributed by atoms with Gasteiger partial charge in [0.05, 0.1) is 0 Å². The molecule has 0 radical (unpaired) electrons. The van der Waals surface area contributed by atoms with Gasteiger partial charge >= 0.3 is 0 Å². The van der Waals surface area contributed by atoms with Gasteiger partial charge in [0, 0.05) is 26.2 Å². The van der Waals surface area contributed by atoms with E-state index in [1.54, 1.807) is 0 Å². The summed E-state index contributed by atoms with van der Waals surface area (Å²) >= 11 is 0. The van der Waals surface area contributed by atoms with E-state index in [-0.39, 0.29) is 0 Å². The van der Waals surface area contributed by atoms with Gasteiger partial charge in [0.15, 0.2) is 5.79 Å². The molecular formula is C16H27NO2. The van der Waals surface area contributed by atoms with Crippen LogP contribution in [0.1, 0.15) is 36.1 Å². The second-order valence-electron chi connectivity index (χ2n) is 5.03. The molecule has 1 aromatic rings. The molecule has 0 saturated carbocycles. The van der Waals surface area contributed by atoms with E-state index in [1.807, 2.05) is 13.8 Å². The number of ether oxygens (including phenoxy) is 2. The van der Waals surface area contributed by atoms with Crippen LogP contribution in [0.3, 0.4) is 0 Å². The Balaban J connectivity index is 3.08. The molecule has 1 rings (SSSR count). The van der Waals surface area contributed by atoms with Crippen molar-refractivity contribution in [3.8, 4) is 0 Å². The molecule has 3 heteroatoms. The van der Waals surface area contributed by atoms with E-state index in [1.165, 1.54) is 22.3 Å². The topological polar surface area (TPSA) is 44.5 Å². The third-order valence-electron chi connectivity index (χ3n) is 3.41. The second-order valence-corrected chi connectivity index (χ2v) is 5.03. The standard InChI is InChI=1S/C16H27NO2/c1-6-18-16(11-17,19-7-2)10-15-13(4)8-12(3)9-14(15)5/h8-9H,6-7,10-11,17H2,1-5H3. The lowest BCUT2D eigenvalue weighted by Crippen LogP contribution is -2.46. The van der Waals surface area contributed by atoms with Crippen LogP contribution in [0.2, 0.25) is 0 Å². The minimum atomic E-state index is -0.700. The van der Waals surface area contributed by atoms with Gasteiger partial charge in [0.25, 0.3) is 0 Å². The van der Waals surface area contributed by atoms with Gasteiger partial charge in [-0.25, -0.2) is 0 Å². The van der Waals surface area contributed by atoms with Crippen molar-refractivity contribution in [1.82, 2.24) is 0 Å². The van der Waals surface area contributed by atoms with Gasteiger partial charge in [0.1, 0.15) is 0 Å². The van der Waals surface area contributed by atoms with Gasteiger partial charge in [-0.15, -0.1) is 0 Å². The van der Waals surface area contributed by atoms with Crippen LogP contribution in [0.5, 0.6) is 0 Å². The molecule has 0 amide bonds. The molecule has 108 valence electrons. The first-order valence-electron chi connectivity index (χ1n) is 7.02. The molecule has 3 nitrogen and oxygen atoms in total. The fourth-order valence-electron chi connectivity index (χ4n) is 2.62. The Morgan fingerprint density at radius 1 is 1.00 bits per heavy atom. The SMILES string of the molecule is CCOC(CN)(Cc1c(C)cc(C)cc1C)OCC. The molecule has 0 aliphatic rings. The molecule has 2 N–H and O–H groups in total. The minimum absolute atomic E-state index is 0.363. The maximum absolute atomic E-state index is 5.91. The molecule has 0 aliphatic carbocycles. The lowest BCUT2D eigenvalue weighted by molar-refractivity contribution is -0.225. The number of aryl methyl sites for hydroxylation is 3. The Morgan fingerprint density at radius 2 is 1.47 bits per heavy atom. The normalized spacial score (nSPS) is 11.9. The quantitative estimate of drug-likeness (QED) is 0.771. The van der Waals surface area contributed by atoms with Crippen LogP contribution < -0.4 is 5.73 Å². The number of rotatable bonds is 7. The maximum Gasteiger partial charge on any atom is 0.184 e. The Kier molecular flexibility index (Phi) is 5.98.